The zero-order valence-corrected chi connectivity index (χ0v) is 11.4. The lowest BCUT2D eigenvalue weighted by atomic mass is 10.1. The quantitative estimate of drug-likeness (QED) is 0.683. The molecular weight excluding hydrogens is 226 g/mol. The summed E-state index contributed by atoms with van der Waals surface area (Å²) in [6, 6.07) is -0.443. The molecule has 0 aliphatic rings. The fourth-order valence-corrected chi connectivity index (χ4v) is 2.14. The molecule has 1 aromatic rings. The Labute approximate surface area is 110 Å². The average molecular weight is 251 g/mol. The second kappa shape index (κ2) is 8.72. The number of carbonyl (C=O) groups is 1. The molecule has 1 heterocycles. The highest BCUT2D eigenvalue weighted by Crippen LogP contribution is 2.10. The van der Waals surface area contributed by atoms with E-state index in [1.165, 1.54) is 49.5 Å². The van der Waals surface area contributed by atoms with Crippen molar-refractivity contribution in [3.05, 3.63) is 18.2 Å². The van der Waals surface area contributed by atoms with Crippen molar-refractivity contribution in [3.8, 4) is 0 Å². The van der Waals surface area contributed by atoms with E-state index in [-0.39, 0.29) is 0 Å². The third-order valence-electron chi connectivity index (χ3n) is 3.21. The van der Waals surface area contributed by atoms with Crippen LogP contribution >= 0.6 is 0 Å². The standard InChI is InChI=1S/C14H25N3O/c1-2-3-4-5-6-7-8-9-10-13-16-11-12-17(13)14(15)18/h11-12H,2-10H2,1H3,(H2,15,18). The van der Waals surface area contributed by atoms with Gasteiger partial charge in [0.05, 0.1) is 0 Å². The smallest absolute Gasteiger partial charge is 0.324 e. The van der Waals surface area contributed by atoms with Gasteiger partial charge in [-0.2, -0.15) is 0 Å². The van der Waals surface area contributed by atoms with Gasteiger partial charge in [0.15, 0.2) is 0 Å². The topological polar surface area (TPSA) is 60.9 Å². The molecule has 0 radical (unpaired) electrons. The minimum absolute atomic E-state index is 0.443. The van der Waals surface area contributed by atoms with Crippen LogP contribution in [-0.4, -0.2) is 15.6 Å². The van der Waals surface area contributed by atoms with E-state index >= 15 is 0 Å². The number of primary amides is 1. The molecule has 0 bridgehead atoms. The third-order valence-corrected chi connectivity index (χ3v) is 3.21. The SMILES string of the molecule is CCCCCCCCCCc1nccn1C(N)=O. The van der Waals surface area contributed by atoms with Crippen molar-refractivity contribution >= 4 is 6.03 Å². The lowest BCUT2D eigenvalue weighted by molar-refractivity contribution is 0.249. The number of imidazole rings is 1. The van der Waals surface area contributed by atoms with E-state index in [1.54, 1.807) is 12.4 Å². The summed E-state index contributed by atoms with van der Waals surface area (Å²) in [6.45, 7) is 2.24. The molecule has 2 N–H and O–H groups in total. The molecule has 0 aromatic carbocycles. The van der Waals surface area contributed by atoms with Gasteiger partial charge in [0.25, 0.3) is 0 Å². The summed E-state index contributed by atoms with van der Waals surface area (Å²) in [4.78, 5) is 15.2. The van der Waals surface area contributed by atoms with Gasteiger partial charge in [0.1, 0.15) is 5.82 Å². The number of nitrogens with two attached hydrogens (primary N) is 1. The van der Waals surface area contributed by atoms with Gasteiger partial charge in [-0.1, -0.05) is 51.9 Å². The van der Waals surface area contributed by atoms with Crippen LogP contribution in [0.15, 0.2) is 12.4 Å². The summed E-state index contributed by atoms with van der Waals surface area (Å²) in [5.41, 5.74) is 5.24. The number of aromatic nitrogens is 2. The zero-order chi connectivity index (χ0) is 13.2. The molecule has 1 rings (SSSR count). The Bertz CT molecular complexity index is 347. The molecular formula is C14H25N3O. The van der Waals surface area contributed by atoms with E-state index in [1.807, 2.05) is 0 Å². The van der Waals surface area contributed by atoms with Gasteiger partial charge >= 0.3 is 6.03 Å². The molecule has 0 saturated carbocycles. The number of aryl methyl sites for hydroxylation is 1. The Balaban J connectivity index is 2.07. The fourth-order valence-electron chi connectivity index (χ4n) is 2.14. The molecule has 102 valence electrons. The summed E-state index contributed by atoms with van der Waals surface area (Å²) in [7, 11) is 0. The minimum Gasteiger partial charge on any atom is -0.351 e. The molecule has 1 aromatic heterocycles. The molecule has 0 unspecified atom stereocenters. The number of rotatable bonds is 9. The Morgan fingerprint density at radius 2 is 1.78 bits per heavy atom. The minimum atomic E-state index is -0.443. The van der Waals surface area contributed by atoms with Crippen LogP contribution in [-0.2, 0) is 6.42 Å². The van der Waals surface area contributed by atoms with Crippen molar-refractivity contribution in [2.75, 3.05) is 0 Å². The molecule has 0 aliphatic carbocycles. The molecule has 0 spiro atoms. The van der Waals surface area contributed by atoms with Gasteiger partial charge in [0, 0.05) is 18.8 Å². The van der Waals surface area contributed by atoms with Crippen LogP contribution in [0.5, 0.6) is 0 Å². The zero-order valence-electron chi connectivity index (χ0n) is 11.4. The van der Waals surface area contributed by atoms with Gasteiger partial charge in [-0.25, -0.2) is 9.78 Å². The number of unbranched alkanes of at least 4 members (excludes halogenated alkanes) is 7. The lowest BCUT2D eigenvalue weighted by Gasteiger charge is -2.03. The van der Waals surface area contributed by atoms with E-state index in [0.717, 1.165) is 18.7 Å². The van der Waals surface area contributed by atoms with E-state index in [4.69, 9.17) is 5.73 Å². The average Bonchev–Trinajstić information content (AvgIpc) is 2.81. The Morgan fingerprint density at radius 3 is 2.39 bits per heavy atom. The largest absolute Gasteiger partial charge is 0.351 e. The van der Waals surface area contributed by atoms with Gasteiger partial charge in [-0.05, 0) is 6.42 Å². The molecule has 4 nitrogen and oxygen atoms in total. The predicted molar refractivity (Wildman–Crippen MR) is 73.5 cm³/mol. The van der Waals surface area contributed by atoms with Crippen molar-refractivity contribution in [2.45, 2.75) is 64.7 Å². The van der Waals surface area contributed by atoms with E-state index in [2.05, 4.69) is 11.9 Å². The first-order valence-electron chi connectivity index (χ1n) is 7.07. The summed E-state index contributed by atoms with van der Waals surface area (Å²) < 4.78 is 1.43. The molecule has 0 saturated heterocycles. The van der Waals surface area contributed by atoms with Crippen molar-refractivity contribution in [2.24, 2.45) is 5.73 Å². The first kappa shape index (κ1) is 14.7. The molecule has 0 fully saturated rings. The summed E-state index contributed by atoms with van der Waals surface area (Å²) >= 11 is 0. The fraction of sp³-hybridized carbons (Fsp3) is 0.714. The van der Waals surface area contributed by atoms with Gasteiger partial charge in [-0.15, -0.1) is 0 Å². The number of nitrogens with zero attached hydrogens (tertiary/aromatic N) is 2. The van der Waals surface area contributed by atoms with Crippen LogP contribution in [0.4, 0.5) is 4.79 Å². The van der Waals surface area contributed by atoms with Crippen LogP contribution < -0.4 is 5.73 Å². The van der Waals surface area contributed by atoms with E-state index in [0.29, 0.717) is 0 Å². The van der Waals surface area contributed by atoms with Gasteiger partial charge in [-0.3, -0.25) is 4.57 Å². The Kier molecular flexibility index (Phi) is 7.14. The molecule has 4 heteroatoms. The molecule has 0 aliphatic heterocycles. The highest BCUT2D eigenvalue weighted by Gasteiger charge is 2.05. The number of hydrogen-bond acceptors (Lipinski definition) is 2. The number of carbonyl (C=O) groups excluding carboxylic acids is 1. The van der Waals surface area contributed by atoms with E-state index in [9.17, 15) is 4.79 Å². The summed E-state index contributed by atoms with van der Waals surface area (Å²) in [5, 5.41) is 0. The van der Waals surface area contributed by atoms with Crippen LogP contribution in [0.2, 0.25) is 0 Å². The van der Waals surface area contributed by atoms with Crippen LogP contribution in [0.3, 0.4) is 0 Å². The van der Waals surface area contributed by atoms with Crippen molar-refractivity contribution in [1.29, 1.82) is 0 Å². The molecule has 0 atom stereocenters. The lowest BCUT2D eigenvalue weighted by Crippen LogP contribution is -2.21. The van der Waals surface area contributed by atoms with E-state index < -0.39 is 6.03 Å². The highest BCUT2D eigenvalue weighted by molar-refractivity contribution is 5.75. The monoisotopic (exact) mass is 251 g/mol. The van der Waals surface area contributed by atoms with Crippen molar-refractivity contribution in [3.63, 3.8) is 0 Å². The van der Waals surface area contributed by atoms with Gasteiger partial charge in [0.2, 0.25) is 0 Å². The van der Waals surface area contributed by atoms with Crippen LogP contribution in [0.1, 0.15) is 64.1 Å². The number of amides is 1. The van der Waals surface area contributed by atoms with Crippen molar-refractivity contribution < 1.29 is 4.79 Å². The van der Waals surface area contributed by atoms with Gasteiger partial charge < -0.3 is 5.73 Å². The number of hydrogen-bond donors (Lipinski definition) is 1. The maximum Gasteiger partial charge on any atom is 0.324 e. The first-order valence-corrected chi connectivity index (χ1v) is 7.07. The highest BCUT2D eigenvalue weighted by atomic mass is 16.2. The van der Waals surface area contributed by atoms with Crippen molar-refractivity contribution in [1.82, 2.24) is 9.55 Å². The molecule has 1 amide bonds. The molecule has 18 heavy (non-hydrogen) atoms. The Morgan fingerprint density at radius 1 is 1.17 bits per heavy atom. The predicted octanol–water partition coefficient (Wildman–Crippen LogP) is 3.49. The van der Waals surface area contributed by atoms with Crippen LogP contribution in [0, 0.1) is 0 Å². The maximum atomic E-state index is 11.1. The van der Waals surface area contributed by atoms with Crippen LogP contribution in [0.25, 0.3) is 0 Å². The second-order valence-corrected chi connectivity index (χ2v) is 4.78. The maximum absolute atomic E-state index is 11.1. The third kappa shape index (κ3) is 5.34. The Hall–Kier alpha value is -1.32. The normalized spacial score (nSPS) is 10.7. The summed E-state index contributed by atoms with van der Waals surface area (Å²) in [5.74, 6) is 0.786. The second-order valence-electron chi connectivity index (χ2n) is 4.78. The summed E-state index contributed by atoms with van der Waals surface area (Å²) in [6.07, 6.45) is 14.4. The first-order chi connectivity index (χ1) is 8.75.